The summed E-state index contributed by atoms with van der Waals surface area (Å²) in [6.07, 6.45) is 3.72. The summed E-state index contributed by atoms with van der Waals surface area (Å²) in [6, 6.07) is 7.52. The van der Waals surface area contributed by atoms with Crippen LogP contribution in [0.3, 0.4) is 0 Å². The molecule has 2 aliphatic heterocycles. The molecule has 10 heteroatoms. The zero-order valence-electron chi connectivity index (χ0n) is 19.5. The Bertz CT molecular complexity index is 1150. The molecule has 0 saturated carbocycles. The largest absolute Gasteiger partial charge is 0.392 e. The molecule has 0 amide bonds. The average Bonchev–Trinajstić information content (AvgIpc) is 3.21. The van der Waals surface area contributed by atoms with Gasteiger partial charge in [-0.15, -0.1) is 0 Å². The highest BCUT2D eigenvalue weighted by Gasteiger charge is 2.36. The molecule has 2 N–H and O–H groups in total. The van der Waals surface area contributed by atoms with Crippen molar-refractivity contribution in [3.8, 4) is 0 Å². The van der Waals surface area contributed by atoms with Gasteiger partial charge in [0.05, 0.1) is 12.1 Å². The van der Waals surface area contributed by atoms with E-state index < -0.39 is 0 Å². The number of aliphatic hydroxyl groups is 1. The fourth-order valence-corrected chi connectivity index (χ4v) is 5.80. The number of aliphatic hydroxyl groups excluding tert-OH is 1. The van der Waals surface area contributed by atoms with Gasteiger partial charge < -0.3 is 20.2 Å². The molecular formula is C24H31Cl2N7O. The van der Waals surface area contributed by atoms with E-state index in [1.54, 1.807) is 10.6 Å². The third kappa shape index (κ3) is 4.96. The Morgan fingerprint density at radius 1 is 1.15 bits per heavy atom. The number of hydrogen-bond donors (Lipinski definition) is 2. The van der Waals surface area contributed by atoms with Crippen LogP contribution in [0.15, 0.2) is 30.6 Å². The highest BCUT2D eigenvalue weighted by Crippen LogP contribution is 2.35. The van der Waals surface area contributed by atoms with Crippen LogP contribution in [0.1, 0.15) is 38.3 Å². The van der Waals surface area contributed by atoms with Crippen molar-refractivity contribution in [1.82, 2.24) is 24.5 Å². The van der Waals surface area contributed by atoms with Gasteiger partial charge in [0.15, 0.2) is 0 Å². The second kappa shape index (κ2) is 9.85. The lowest BCUT2D eigenvalue weighted by Gasteiger charge is -2.47. The highest BCUT2D eigenvalue weighted by molar-refractivity contribution is 6.35. The average molecular weight is 504 g/mol. The SMILES string of the molecule is CC(O)CN1CCC[C@H](C2CN(c3cc(NC(C)c4ccc(Cl)cc4Cl)n4ncnc4n3)C2)C1. The Balaban J connectivity index is 1.29. The van der Waals surface area contributed by atoms with Gasteiger partial charge in [-0.25, -0.2) is 0 Å². The number of nitrogens with zero attached hydrogens (tertiary/aromatic N) is 6. The maximum Gasteiger partial charge on any atom is 0.256 e. The van der Waals surface area contributed by atoms with E-state index in [-0.39, 0.29) is 12.1 Å². The van der Waals surface area contributed by atoms with Gasteiger partial charge in [0.1, 0.15) is 18.0 Å². The maximum atomic E-state index is 9.76. The molecule has 1 aromatic carbocycles. The Morgan fingerprint density at radius 2 is 1.97 bits per heavy atom. The van der Waals surface area contributed by atoms with Crippen LogP contribution >= 0.6 is 23.2 Å². The van der Waals surface area contributed by atoms with Crippen molar-refractivity contribution in [3.63, 3.8) is 0 Å². The quantitative estimate of drug-likeness (QED) is 0.501. The van der Waals surface area contributed by atoms with E-state index in [9.17, 15) is 5.11 Å². The molecule has 3 aromatic rings. The molecule has 8 nitrogen and oxygen atoms in total. The van der Waals surface area contributed by atoms with Crippen molar-refractivity contribution in [1.29, 1.82) is 0 Å². The van der Waals surface area contributed by atoms with Gasteiger partial charge >= 0.3 is 0 Å². The van der Waals surface area contributed by atoms with Crippen molar-refractivity contribution in [2.24, 2.45) is 11.8 Å². The van der Waals surface area contributed by atoms with Crippen LogP contribution in [0.5, 0.6) is 0 Å². The van der Waals surface area contributed by atoms with Gasteiger partial charge in [-0.2, -0.15) is 19.6 Å². The molecule has 2 fully saturated rings. The minimum absolute atomic E-state index is 0.0568. The molecule has 0 bridgehead atoms. The van der Waals surface area contributed by atoms with E-state index in [1.807, 2.05) is 25.1 Å². The first-order valence-corrected chi connectivity index (χ1v) is 12.7. The van der Waals surface area contributed by atoms with E-state index in [4.69, 9.17) is 28.2 Å². The molecule has 2 unspecified atom stereocenters. The summed E-state index contributed by atoms with van der Waals surface area (Å²) in [5, 5.41) is 18.9. The zero-order chi connectivity index (χ0) is 23.8. The number of β-amino-alcohol motifs (C(OH)–C–C–N with tert-alkyl or cyclic N) is 1. The Hall–Kier alpha value is -2.13. The van der Waals surface area contributed by atoms with Crippen molar-refractivity contribution in [2.45, 2.75) is 38.8 Å². The van der Waals surface area contributed by atoms with E-state index in [0.29, 0.717) is 27.7 Å². The summed E-state index contributed by atoms with van der Waals surface area (Å²) in [6.45, 7) is 8.84. The fourth-order valence-electron chi connectivity index (χ4n) is 5.23. The van der Waals surface area contributed by atoms with Crippen LogP contribution in [-0.2, 0) is 0 Å². The van der Waals surface area contributed by atoms with Gasteiger partial charge in [0, 0.05) is 42.3 Å². The molecular weight excluding hydrogens is 473 g/mol. The number of anilines is 2. The predicted octanol–water partition coefficient (Wildman–Crippen LogP) is 4.13. The van der Waals surface area contributed by atoms with Crippen LogP contribution in [-0.4, -0.2) is 68.4 Å². The first-order valence-electron chi connectivity index (χ1n) is 11.9. The lowest BCUT2D eigenvalue weighted by molar-refractivity contribution is 0.0725. The molecule has 2 aliphatic rings. The lowest BCUT2D eigenvalue weighted by Crippen LogP contribution is -2.54. The van der Waals surface area contributed by atoms with Gasteiger partial charge in [-0.05, 0) is 62.8 Å². The zero-order valence-corrected chi connectivity index (χ0v) is 21.0. The van der Waals surface area contributed by atoms with Gasteiger partial charge in [0.25, 0.3) is 5.78 Å². The molecule has 2 aromatic heterocycles. The van der Waals surface area contributed by atoms with Gasteiger partial charge in [-0.3, -0.25) is 0 Å². The van der Waals surface area contributed by atoms with Crippen LogP contribution in [0.4, 0.5) is 11.6 Å². The molecule has 34 heavy (non-hydrogen) atoms. The van der Waals surface area contributed by atoms with Crippen LogP contribution in [0, 0.1) is 11.8 Å². The van der Waals surface area contributed by atoms with E-state index in [0.717, 1.165) is 49.9 Å². The van der Waals surface area contributed by atoms with E-state index in [2.05, 4.69) is 32.1 Å². The normalized spacial score (nSPS) is 21.4. The summed E-state index contributed by atoms with van der Waals surface area (Å²) in [5.74, 6) is 3.62. The van der Waals surface area contributed by atoms with Crippen molar-refractivity contribution in [3.05, 3.63) is 46.2 Å². The molecule has 5 rings (SSSR count). The summed E-state index contributed by atoms with van der Waals surface area (Å²) >= 11 is 12.5. The lowest BCUT2D eigenvalue weighted by atomic mass is 9.80. The highest BCUT2D eigenvalue weighted by atomic mass is 35.5. The molecule has 4 heterocycles. The number of hydrogen-bond acceptors (Lipinski definition) is 7. The van der Waals surface area contributed by atoms with Crippen molar-refractivity contribution >= 4 is 40.6 Å². The minimum Gasteiger partial charge on any atom is -0.392 e. The second-order valence-corrected chi connectivity index (χ2v) is 10.5. The van der Waals surface area contributed by atoms with Crippen LogP contribution in [0.25, 0.3) is 5.78 Å². The number of nitrogens with one attached hydrogen (secondary N) is 1. The number of aromatic nitrogens is 4. The number of fused-ring (bicyclic) bond motifs is 1. The van der Waals surface area contributed by atoms with E-state index in [1.165, 1.54) is 19.2 Å². The third-order valence-corrected chi connectivity index (χ3v) is 7.56. The first-order chi connectivity index (χ1) is 16.4. The second-order valence-electron chi connectivity index (χ2n) is 9.68. The number of likely N-dealkylation sites (tertiary alicyclic amines) is 1. The summed E-state index contributed by atoms with van der Waals surface area (Å²) in [7, 11) is 0. The topological polar surface area (TPSA) is 81.8 Å². The van der Waals surface area contributed by atoms with Crippen molar-refractivity contribution < 1.29 is 5.11 Å². The van der Waals surface area contributed by atoms with Crippen LogP contribution < -0.4 is 10.2 Å². The third-order valence-electron chi connectivity index (χ3n) is 7.00. The summed E-state index contributed by atoms with van der Waals surface area (Å²) in [4.78, 5) is 13.8. The molecule has 0 aliphatic carbocycles. The number of halogens is 2. The monoisotopic (exact) mass is 503 g/mol. The maximum absolute atomic E-state index is 9.76. The molecule has 0 spiro atoms. The number of benzene rings is 1. The van der Waals surface area contributed by atoms with Gasteiger partial charge in [-0.1, -0.05) is 29.3 Å². The molecule has 3 atom stereocenters. The predicted molar refractivity (Wildman–Crippen MR) is 136 cm³/mol. The van der Waals surface area contributed by atoms with E-state index >= 15 is 0 Å². The smallest absolute Gasteiger partial charge is 0.256 e. The molecule has 2 saturated heterocycles. The molecule has 0 radical (unpaired) electrons. The molecule has 182 valence electrons. The number of rotatable bonds is 7. The Labute approximate surface area is 209 Å². The van der Waals surface area contributed by atoms with Crippen LogP contribution in [0.2, 0.25) is 10.0 Å². The standard InChI is InChI=1S/C24H31Cl2N7O/c1-15(34)10-31-7-3-4-17(11-31)18-12-32(13-18)22-9-23(33-24(30-22)27-14-28-33)29-16(2)20-6-5-19(25)8-21(20)26/h5-6,8-9,14-18,29,34H,3-4,7,10-13H2,1-2H3/t15?,16?,17-/m0/s1. The first kappa shape index (κ1) is 23.6. The Kier molecular flexibility index (Phi) is 6.84. The summed E-state index contributed by atoms with van der Waals surface area (Å²) in [5.41, 5.74) is 0.959. The summed E-state index contributed by atoms with van der Waals surface area (Å²) < 4.78 is 1.72. The van der Waals surface area contributed by atoms with Crippen molar-refractivity contribution in [2.75, 3.05) is 42.9 Å². The fraction of sp³-hybridized carbons (Fsp3) is 0.542. The van der Waals surface area contributed by atoms with Gasteiger partial charge in [0.2, 0.25) is 0 Å². The minimum atomic E-state index is -0.271. The number of piperidine rings is 1. The Morgan fingerprint density at radius 3 is 2.74 bits per heavy atom.